The SMILES string of the molecule is CCCCCNC(=O)C(c1ccccc1C)N(C(=O)C(Cc1ccc(O)cc1)NC(=O)OC(C)(C)C)C1CC1C. The Bertz CT molecular complexity index is 1160. The molecule has 0 radical (unpaired) electrons. The van der Waals surface area contributed by atoms with Gasteiger partial charge in [0.05, 0.1) is 0 Å². The summed E-state index contributed by atoms with van der Waals surface area (Å²) in [7, 11) is 0. The molecule has 0 aromatic heterocycles. The van der Waals surface area contributed by atoms with E-state index in [0.29, 0.717) is 6.54 Å². The number of ether oxygens (including phenoxy) is 1. The number of phenolic OH excluding ortho intramolecular Hbond substituents is 1. The third-order valence-electron chi connectivity index (χ3n) is 7.13. The molecule has 3 N–H and O–H groups in total. The van der Waals surface area contributed by atoms with Crippen LogP contribution in [0.4, 0.5) is 4.79 Å². The smallest absolute Gasteiger partial charge is 0.408 e. The van der Waals surface area contributed by atoms with Gasteiger partial charge in [-0.3, -0.25) is 9.59 Å². The molecule has 1 aliphatic rings. The van der Waals surface area contributed by atoms with E-state index in [-0.39, 0.29) is 35.9 Å². The highest BCUT2D eigenvalue weighted by atomic mass is 16.6. The largest absolute Gasteiger partial charge is 0.508 e. The van der Waals surface area contributed by atoms with Crippen LogP contribution in [-0.4, -0.2) is 52.1 Å². The lowest BCUT2D eigenvalue weighted by molar-refractivity contribution is -0.143. The number of unbranched alkanes of at least 4 members (excludes halogenated alkanes) is 2. The lowest BCUT2D eigenvalue weighted by atomic mass is 9.96. The van der Waals surface area contributed by atoms with Crippen molar-refractivity contribution >= 4 is 17.9 Å². The van der Waals surface area contributed by atoms with Crippen LogP contribution in [-0.2, 0) is 20.7 Å². The fraction of sp³-hybridized carbons (Fsp3) is 0.531. The third kappa shape index (κ3) is 8.73. The summed E-state index contributed by atoms with van der Waals surface area (Å²) in [5.41, 5.74) is 1.69. The van der Waals surface area contributed by atoms with Crippen molar-refractivity contribution in [1.82, 2.24) is 15.5 Å². The molecule has 0 heterocycles. The number of hydrogen-bond acceptors (Lipinski definition) is 5. The zero-order valence-corrected chi connectivity index (χ0v) is 24.7. The van der Waals surface area contributed by atoms with E-state index in [4.69, 9.17) is 4.74 Å². The highest BCUT2D eigenvalue weighted by Gasteiger charge is 2.48. The molecule has 1 aliphatic carbocycles. The molecular formula is C32H45N3O5. The van der Waals surface area contributed by atoms with Gasteiger partial charge in [0, 0.05) is 19.0 Å². The molecule has 8 heteroatoms. The lowest BCUT2D eigenvalue weighted by Gasteiger charge is -2.35. The highest BCUT2D eigenvalue weighted by Crippen LogP contribution is 2.41. The Hall–Kier alpha value is -3.55. The first-order valence-corrected chi connectivity index (χ1v) is 14.3. The Kier molecular flexibility index (Phi) is 10.6. The molecule has 8 nitrogen and oxygen atoms in total. The number of alkyl carbamates (subject to hydrolysis) is 1. The van der Waals surface area contributed by atoms with Crippen molar-refractivity contribution < 1.29 is 24.2 Å². The Labute approximate surface area is 238 Å². The van der Waals surface area contributed by atoms with Gasteiger partial charge in [-0.15, -0.1) is 0 Å². The van der Waals surface area contributed by atoms with E-state index < -0.39 is 23.8 Å². The molecule has 0 aliphatic heterocycles. The zero-order valence-electron chi connectivity index (χ0n) is 24.7. The minimum absolute atomic E-state index is 0.111. The van der Waals surface area contributed by atoms with Crippen LogP contribution in [0.5, 0.6) is 5.75 Å². The number of aryl methyl sites for hydroxylation is 1. The molecule has 218 valence electrons. The van der Waals surface area contributed by atoms with Crippen molar-refractivity contribution in [3.05, 3.63) is 65.2 Å². The van der Waals surface area contributed by atoms with Crippen LogP contribution in [0.3, 0.4) is 0 Å². The van der Waals surface area contributed by atoms with Crippen LogP contribution in [0.25, 0.3) is 0 Å². The van der Waals surface area contributed by atoms with E-state index in [1.54, 1.807) is 49.9 Å². The molecule has 3 amide bonds. The standard InChI is InChI=1S/C32H45N3O5/c1-7-8-11-18-33-29(37)28(25-13-10-9-12-21(25)2)35(27-19-22(27)3)30(38)26(34-31(39)40-32(4,5)6)20-23-14-16-24(36)17-15-23/h9-10,12-17,22,26-28,36H,7-8,11,18-20H2,1-6H3,(H,33,37)(H,34,39). The minimum Gasteiger partial charge on any atom is -0.508 e. The summed E-state index contributed by atoms with van der Waals surface area (Å²) in [6.07, 6.45) is 3.15. The van der Waals surface area contributed by atoms with Gasteiger partial charge >= 0.3 is 6.09 Å². The summed E-state index contributed by atoms with van der Waals surface area (Å²) in [6.45, 7) is 11.9. The molecule has 3 rings (SSSR count). The van der Waals surface area contributed by atoms with Gasteiger partial charge in [-0.2, -0.15) is 0 Å². The maximum Gasteiger partial charge on any atom is 0.408 e. The number of aromatic hydroxyl groups is 1. The number of benzene rings is 2. The first kappa shape index (κ1) is 31.0. The molecule has 0 bridgehead atoms. The number of nitrogens with one attached hydrogen (secondary N) is 2. The number of hydrogen-bond donors (Lipinski definition) is 3. The number of carbonyl (C=O) groups excluding carboxylic acids is 3. The summed E-state index contributed by atoms with van der Waals surface area (Å²) in [5.74, 6) is -0.234. The number of nitrogens with zero attached hydrogens (tertiary/aromatic N) is 1. The normalized spacial score (nSPS) is 17.9. The lowest BCUT2D eigenvalue weighted by Crippen LogP contribution is -2.55. The monoisotopic (exact) mass is 551 g/mol. The molecule has 4 unspecified atom stereocenters. The molecule has 0 saturated heterocycles. The first-order valence-electron chi connectivity index (χ1n) is 14.3. The van der Waals surface area contributed by atoms with Crippen molar-refractivity contribution in [2.24, 2.45) is 5.92 Å². The molecule has 1 saturated carbocycles. The van der Waals surface area contributed by atoms with Gasteiger partial charge in [-0.1, -0.05) is 63.1 Å². The average Bonchev–Trinajstić information content (AvgIpc) is 3.60. The molecule has 40 heavy (non-hydrogen) atoms. The van der Waals surface area contributed by atoms with E-state index in [0.717, 1.165) is 42.4 Å². The number of rotatable bonds is 12. The molecule has 0 spiro atoms. The summed E-state index contributed by atoms with van der Waals surface area (Å²) in [5, 5.41) is 15.6. The quantitative estimate of drug-likeness (QED) is 0.305. The predicted molar refractivity (Wildman–Crippen MR) is 156 cm³/mol. The van der Waals surface area contributed by atoms with Gasteiger partial charge in [0.15, 0.2) is 0 Å². The van der Waals surface area contributed by atoms with E-state index >= 15 is 0 Å². The molecule has 2 aromatic carbocycles. The van der Waals surface area contributed by atoms with Crippen LogP contribution in [0.1, 0.15) is 83.0 Å². The van der Waals surface area contributed by atoms with Gasteiger partial charge < -0.3 is 25.4 Å². The van der Waals surface area contributed by atoms with Crippen LogP contribution in [0, 0.1) is 12.8 Å². The molecular weight excluding hydrogens is 506 g/mol. The fourth-order valence-corrected chi connectivity index (χ4v) is 4.86. The van der Waals surface area contributed by atoms with Crippen molar-refractivity contribution in [2.45, 2.75) is 97.4 Å². The zero-order chi connectivity index (χ0) is 29.4. The second-order valence-electron chi connectivity index (χ2n) is 11.9. The van der Waals surface area contributed by atoms with Crippen LogP contribution >= 0.6 is 0 Å². The van der Waals surface area contributed by atoms with E-state index in [2.05, 4.69) is 24.5 Å². The highest BCUT2D eigenvalue weighted by molar-refractivity contribution is 5.93. The van der Waals surface area contributed by atoms with Gasteiger partial charge in [0.1, 0.15) is 23.4 Å². The van der Waals surface area contributed by atoms with E-state index in [1.807, 2.05) is 31.2 Å². The van der Waals surface area contributed by atoms with Crippen molar-refractivity contribution in [1.29, 1.82) is 0 Å². The number of amides is 3. The Morgan fingerprint density at radius 3 is 2.30 bits per heavy atom. The molecule has 4 atom stereocenters. The minimum atomic E-state index is -0.980. The summed E-state index contributed by atoms with van der Waals surface area (Å²) >= 11 is 0. The molecule has 1 fully saturated rings. The van der Waals surface area contributed by atoms with Crippen LogP contribution < -0.4 is 10.6 Å². The van der Waals surface area contributed by atoms with Gasteiger partial charge in [-0.05, 0) is 75.3 Å². The van der Waals surface area contributed by atoms with Crippen molar-refractivity contribution in [3.63, 3.8) is 0 Å². The van der Waals surface area contributed by atoms with Gasteiger partial charge in [0.25, 0.3) is 0 Å². The summed E-state index contributed by atoms with van der Waals surface area (Å²) in [4.78, 5) is 42.9. The Balaban J connectivity index is 2.01. The fourth-order valence-electron chi connectivity index (χ4n) is 4.86. The topological polar surface area (TPSA) is 108 Å². The van der Waals surface area contributed by atoms with E-state index in [9.17, 15) is 19.5 Å². The third-order valence-corrected chi connectivity index (χ3v) is 7.13. The second-order valence-corrected chi connectivity index (χ2v) is 11.9. The van der Waals surface area contributed by atoms with Gasteiger partial charge in [-0.25, -0.2) is 4.79 Å². The van der Waals surface area contributed by atoms with Crippen molar-refractivity contribution in [3.8, 4) is 5.75 Å². The number of carbonyl (C=O) groups is 3. The van der Waals surface area contributed by atoms with Crippen LogP contribution in [0.15, 0.2) is 48.5 Å². The van der Waals surface area contributed by atoms with Crippen molar-refractivity contribution in [2.75, 3.05) is 6.54 Å². The second kappa shape index (κ2) is 13.7. The number of phenols is 1. The predicted octanol–water partition coefficient (Wildman–Crippen LogP) is 5.42. The summed E-state index contributed by atoms with van der Waals surface area (Å²) in [6, 6.07) is 12.2. The van der Waals surface area contributed by atoms with Crippen LogP contribution in [0.2, 0.25) is 0 Å². The molecule has 2 aromatic rings. The maximum atomic E-state index is 14.5. The Morgan fingerprint density at radius 1 is 1.07 bits per heavy atom. The van der Waals surface area contributed by atoms with Gasteiger partial charge in [0.2, 0.25) is 11.8 Å². The Morgan fingerprint density at radius 2 is 1.73 bits per heavy atom. The van der Waals surface area contributed by atoms with E-state index in [1.165, 1.54) is 0 Å². The maximum absolute atomic E-state index is 14.5. The summed E-state index contributed by atoms with van der Waals surface area (Å²) < 4.78 is 5.50. The average molecular weight is 552 g/mol. The first-order chi connectivity index (χ1) is 18.9.